The quantitative estimate of drug-likeness (QED) is 0.846. The summed E-state index contributed by atoms with van der Waals surface area (Å²) in [6.07, 6.45) is 8.33. The summed E-state index contributed by atoms with van der Waals surface area (Å²) in [6, 6.07) is 6.15. The normalized spacial score (nSPS) is 19.8. The summed E-state index contributed by atoms with van der Waals surface area (Å²) in [5.74, 6) is 0.385. The van der Waals surface area contributed by atoms with E-state index in [2.05, 4.69) is 24.3 Å². The van der Waals surface area contributed by atoms with Crippen LogP contribution >= 0.6 is 0 Å². The van der Waals surface area contributed by atoms with Crippen LogP contribution in [0.3, 0.4) is 0 Å². The van der Waals surface area contributed by atoms with Crippen molar-refractivity contribution in [1.29, 1.82) is 0 Å². The Hall–Kier alpha value is -1.29. The van der Waals surface area contributed by atoms with Crippen LogP contribution in [0.1, 0.15) is 50.5 Å². The van der Waals surface area contributed by atoms with Gasteiger partial charge in [-0.15, -0.1) is 0 Å². The maximum atomic E-state index is 12.5. The molecule has 1 aliphatic heterocycles. The third-order valence-electron chi connectivity index (χ3n) is 4.82. The van der Waals surface area contributed by atoms with Crippen molar-refractivity contribution in [3.8, 4) is 0 Å². The van der Waals surface area contributed by atoms with E-state index in [1.54, 1.807) is 0 Å². The Morgan fingerprint density at radius 2 is 1.90 bits per heavy atom. The number of rotatable bonds is 2. The van der Waals surface area contributed by atoms with Gasteiger partial charge in [0.25, 0.3) is 0 Å². The second-order valence-electron chi connectivity index (χ2n) is 6.40. The SMILES string of the molecule is CB1OCc2ccc(NC(=O)C3CCCCCCC3)cc21. The zero-order chi connectivity index (χ0) is 14.7. The van der Waals surface area contributed by atoms with E-state index in [0.717, 1.165) is 18.5 Å². The number of nitrogens with one attached hydrogen (secondary N) is 1. The summed E-state index contributed by atoms with van der Waals surface area (Å²) in [7, 11) is 0. The lowest BCUT2D eigenvalue weighted by Gasteiger charge is -2.19. The molecule has 0 aromatic heterocycles. The Kier molecular flexibility index (Phi) is 4.64. The van der Waals surface area contributed by atoms with Gasteiger partial charge in [0.2, 0.25) is 5.91 Å². The molecule has 3 rings (SSSR count). The highest BCUT2D eigenvalue weighted by atomic mass is 16.4. The van der Waals surface area contributed by atoms with Gasteiger partial charge in [-0.3, -0.25) is 4.79 Å². The van der Waals surface area contributed by atoms with Crippen LogP contribution in [-0.2, 0) is 16.1 Å². The van der Waals surface area contributed by atoms with E-state index in [1.165, 1.54) is 43.1 Å². The molecule has 1 saturated carbocycles. The fourth-order valence-electron chi connectivity index (χ4n) is 3.45. The first-order chi connectivity index (χ1) is 10.2. The highest BCUT2D eigenvalue weighted by Crippen LogP contribution is 2.24. The van der Waals surface area contributed by atoms with Gasteiger partial charge in [0.1, 0.15) is 0 Å². The van der Waals surface area contributed by atoms with Gasteiger partial charge in [-0.05, 0) is 36.0 Å². The maximum Gasteiger partial charge on any atom is 0.324 e. The molecule has 4 heteroatoms. The van der Waals surface area contributed by atoms with E-state index in [-0.39, 0.29) is 18.7 Å². The Morgan fingerprint density at radius 3 is 2.67 bits per heavy atom. The van der Waals surface area contributed by atoms with E-state index in [1.807, 2.05) is 6.07 Å². The average molecular weight is 285 g/mol. The molecule has 0 atom stereocenters. The molecule has 0 unspecified atom stereocenters. The molecular weight excluding hydrogens is 261 g/mol. The topological polar surface area (TPSA) is 38.3 Å². The second-order valence-corrected chi connectivity index (χ2v) is 6.40. The highest BCUT2D eigenvalue weighted by Gasteiger charge is 2.24. The third kappa shape index (κ3) is 3.49. The van der Waals surface area contributed by atoms with Crippen molar-refractivity contribution in [2.45, 2.75) is 58.4 Å². The lowest BCUT2D eigenvalue weighted by Crippen LogP contribution is -2.27. The van der Waals surface area contributed by atoms with Crippen LogP contribution < -0.4 is 10.8 Å². The molecule has 1 aromatic carbocycles. The molecule has 2 aliphatic rings. The summed E-state index contributed by atoms with van der Waals surface area (Å²) in [5.41, 5.74) is 3.37. The fourth-order valence-corrected chi connectivity index (χ4v) is 3.45. The Bertz CT molecular complexity index is 510. The number of fused-ring (bicyclic) bond motifs is 1. The maximum absolute atomic E-state index is 12.5. The summed E-state index contributed by atoms with van der Waals surface area (Å²) in [4.78, 5) is 12.5. The molecule has 0 bridgehead atoms. The number of hydrogen-bond donors (Lipinski definition) is 1. The number of carbonyl (C=O) groups excluding carboxylic acids is 1. The first-order valence-electron chi connectivity index (χ1n) is 8.29. The minimum atomic E-state index is 0.137. The van der Waals surface area contributed by atoms with Crippen molar-refractivity contribution in [3.05, 3.63) is 23.8 Å². The van der Waals surface area contributed by atoms with Crippen LogP contribution in [0.2, 0.25) is 6.82 Å². The smallest absolute Gasteiger partial charge is 0.324 e. The van der Waals surface area contributed by atoms with Crippen LogP contribution in [0.5, 0.6) is 0 Å². The van der Waals surface area contributed by atoms with E-state index in [9.17, 15) is 4.79 Å². The largest absolute Gasteiger partial charge is 0.427 e. The first kappa shape index (κ1) is 14.6. The van der Waals surface area contributed by atoms with Gasteiger partial charge in [0, 0.05) is 11.6 Å². The predicted molar refractivity (Wildman–Crippen MR) is 86.9 cm³/mol. The number of hydrogen-bond acceptors (Lipinski definition) is 2. The Balaban J connectivity index is 1.65. The standard InChI is InChI=1S/C17H24BNO2/c1-18-16-11-15(10-9-14(16)12-21-18)19-17(20)13-7-5-3-2-4-6-8-13/h9-11,13H,2-8,12H2,1H3,(H,19,20). The van der Waals surface area contributed by atoms with Crippen molar-refractivity contribution >= 4 is 24.0 Å². The molecule has 3 nitrogen and oxygen atoms in total. The van der Waals surface area contributed by atoms with E-state index >= 15 is 0 Å². The molecule has 1 aliphatic carbocycles. The molecule has 1 heterocycles. The zero-order valence-corrected chi connectivity index (χ0v) is 12.9. The molecule has 0 saturated heterocycles. The molecule has 0 radical (unpaired) electrons. The number of amides is 1. The lowest BCUT2D eigenvalue weighted by molar-refractivity contribution is -0.120. The van der Waals surface area contributed by atoms with Crippen LogP contribution in [0, 0.1) is 5.92 Å². The van der Waals surface area contributed by atoms with Crippen molar-refractivity contribution < 1.29 is 9.45 Å². The molecule has 21 heavy (non-hydrogen) atoms. The third-order valence-corrected chi connectivity index (χ3v) is 4.82. The van der Waals surface area contributed by atoms with Crippen LogP contribution in [-0.4, -0.2) is 12.8 Å². The molecule has 1 aromatic rings. The van der Waals surface area contributed by atoms with E-state index in [4.69, 9.17) is 4.65 Å². The van der Waals surface area contributed by atoms with Gasteiger partial charge in [0.15, 0.2) is 0 Å². The minimum Gasteiger partial charge on any atom is -0.427 e. The summed E-state index contributed by atoms with van der Waals surface area (Å²) < 4.78 is 5.62. The summed E-state index contributed by atoms with van der Waals surface area (Å²) >= 11 is 0. The molecular formula is C17H24BNO2. The van der Waals surface area contributed by atoms with Gasteiger partial charge in [-0.25, -0.2) is 0 Å². The van der Waals surface area contributed by atoms with E-state index < -0.39 is 0 Å². The zero-order valence-electron chi connectivity index (χ0n) is 12.9. The molecule has 0 spiro atoms. The van der Waals surface area contributed by atoms with Gasteiger partial charge >= 0.3 is 6.92 Å². The monoisotopic (exact) mass is 285 g/mol. The van der Waals surface area contributed by atoms with Crippen LogP contribution in [0.4, 0.5) is 5.69 Å². The Morgan fingerprint density at radius 1 is 1.19 bits per heavy atom. The molecule has 112 valence electrons. The highest BCUT2D eigenvalue weighted by molar-refractivity contribution is 6.67. The van der Waals surface area contributed by atoms with Gasteiger partial charge in [-0.2, -0.15) is 0 Å². The van der Waals surface area contributed by atoms with Gasteiger partial charge in [-0.1, -0.05) is 45.0 Å². The number of carbonyl (C=O) groups is 1. The van der Waals surface area contributed by atoms with Crippen LogP contribution in [0.25, 0.3) is 0 Å². The van der Waals surface area contributed by atoms with Gasteiger partial charge in [0.05, 0.1) is 6.61 Å². The number of anilines is 1. The number of benzene rings is 1. The average Bonchev–Trinajstić information content (AvgIpc) is 2.80. The Labute approximate surface area is 127 Å². The fraction of sp³-hybridized carbons (Fsp3) is 0.588. The van der Waals surface area contributed by atoms with Crippen molar-refractivity contribution in [1.82, 2.24) is 0 Å². The summed E-state index contributed by atoms with van der Waals surface area (Å²) in [5, 5.41) is 3.12. The minimum absolute atomic E-state index is 0.137. The van der Waals surface area contributed by atoms with Crippen molar-refractivity contribution in [2.75, 3.05) is 5.32 Å². The first-order valence-corrected chi connectivity index (χ1v) is 8.29. The molecule has 1 fully saturated rings. The van der Waals surface area contributed by atoms with Crippen molar-refractivity contribution in [2.24, 2.45) is 5.92 Å². The molecule has 1 amide bonds. The lowest BCUT2D eigenvalue weighted by atomic mass is 9.64. The van der Waals surface area contributed by atoms with Crippen molar-refractivity contribution in [3.63, 3.8) is 0 Å². The molecule has 1 N–H and O–H groups in total. The predicted octanol–water partition coefficient (Wildman–Crippen LogP) is 3.34. The summed E-state index contributed by atoms with van der Waals surface area (Å²) in [6.45, 7) is 2.89. The van der Waals surface area contributed by atoms with E-state index in [0.29, 0.717) is 6.61 Å². The van der Waals surface area contributed by atoms with Gasteiger partial charge < -0.3 is 9.97 Å². The van der Waals surface area contributed by atoms with Crippen LogP contribution in [0.15, 0.2) is 18.2 Å². The second kappa shape index (κ2) is 6.65.